The van der Waals surface area contributed by atoms with Gasteiger partial charge in [-0.25, -0.2) is 4.98 Å². The fourth-order valence-corrected chi connectivity index (χ4v) is 2.28. The third-order valence-corrected chi connectivity index (χ3v) is 3.23. The minimum Gasteiger partial charge on any atom is -0.399 e. The van der Waals surface area contributed by atoms with E-state index in [-0.39, 0.29) is 5.56 Å². The van der Waals surface area contributed by atoms with Crippen molar-refractivity contribution in [3.63, 3.8) is 0 Å². The molecule has 5 heteroatoms. The maximum atomic E-state index is 9.41. The molecule has 0 bridgehead atoms. The van der Waals surface area contributed by atoms with E-state index in [2.05, 4.69) is 11.1 Å². The number of benzene rings is 2. The van der Waals surface area contributed by atoms with Crippen LogP contribution in [-0.4, -0.2) is 4.98 Å². The first kappa shape index (κ1) is 11.8. The Morgan fingerprint density at radius 2 is 1.60 bits per heavy atom. The molecule has 3 rings (SSSR count). The lowest BCUT2D eigenvalue weighted by Gasteiger charge is -2.08. The summed E-state index contributed by atoms with van der Waals surface area (Å²) < 4.78 is 0. The Morgan fingerprint density at radius 3 is 2.30 bits per heavy atom. The normalized spacial score (nSPS) is 10.3. The second kappa shape index (κ2) is 4.11. The van der Waals surface area contributed by atoms with Gasteiger partial charge in [0.1, 0.15) is 17.7 Å². The highest BCUT2D eigenvalue weighted by molar-refractivity contribution is 6.03. The maximum absolute atomic E-state index is 9.41. The van der Waals surface area contributed by atoms with E-state index >= 15 is 0 Å². The van der Waals surface area contributed by atoms with Crippen LogP contribution in [-0.2, 0) is 0 Å². The number of fused-ring (bicyclic) bond motifs is 2. The Balaban J connectivity index is 2.63. The first-order valence-electron chi connectivity index (χ1n) is 5.87. The molecule has 4 N–H and O–H groups in total. The van der Waals surface area contributed by atoms with Crippen molar-refractivity contribution >= 4 is 33.2 Å². The molecule has 0 atom stereocenters. The quantitative estimate of drug-likeness (QED) is 0.475. The van der Waals surface area contributed by atoms with Gasteiger partial charge in [-0.3, -0.25) is 0 Å². The Morgan fingerprint density at radius 1 is 0.900 bits per heavy atom. The number of nitrogen functional groups attached to an aromatic ring is 2. The summed E-state index contributed by atoms with van der Waals surface area (Å²) in [7, 11) is 0. The molecule has 3 aromatic rings. The van der Waals surface area contributed by atoms with Crippen LogP contribution in [0.25, 0.3) is 21.8 Å². The zero-order valence-corrected chi connectivity index (χ0v) is 10.4. The first-order valence-corrected chi connectivity index (χ1v) is 5.87. The van der Waals surface area contributed by atoms with E-state index < -0.39 is 0 Å². The summed E-state index contributed by atoms with van der Waals surface area (Å²) in [6.07, 6.45) is 0. The summed E-state index contributed by atoms with van der Waals surface area (Å²) in [4.78, 5) is 4.45. The molecule has 0 aliphatic heterocycles. The van der Waals surface area contributed by atoms with Gasteiger partial charge in [0.05, 0.1) is 22.3 Å². The summed E-state index contributed by atoms with van der Waals surface area (Å²) in [6, 6.07) is 12.7. The van der Waals surface area contributed by atoms with Crippen molar-refractivity contribution in [2.45, 2.75) is 0 Å². The van der Waals surface area contributed by atoms with Crippen molar-refractivity contribution in [2.24, 2.45) is 0 Å². The van der Waals surface area contributed by atoms with Crippen molar-refractivity contribution in [3.05, 3.63) is 41.5 Å². The van der Waals surface area contributed by atoms with Crippen molar-refractivity contribution in [1.29, 1.82) is 10.5 Å². The molecule has 20 heavy (non-hydrogen) atoms. The fraction of sp³-hybridized carbons (Fsp3) is 0. The Bertz CT molecular complexity index is 945. The zero-order valence-electron chi connectivity index (χ0n) is 10.4. The minimum atomic E-state index is 0.281. The molecule has 0 unspecified atom stereocenters. The molecule has 0 aliphatic carbocycles. The summed E-state index contributed by atoms with van der Waals surface area (Å²) in [5, 5.41) is 20.0. The molecule has 5 nitrogen and oxygen atoms in total. The van der Waals surface area contributed by atoms with Gasteiger partial charge in [0.15, 0.2) is 0 Å². The van der Waals surface area contributed by atoms with E-state index in [1.54, 1.807) is 30.3 Å². The van der Waals surface area contributed by atoms with Crippen LogP contribution in [0.3, 0.4) is 0 Å². The molecule has 0 aliphatic rings. The number of hydrogen-bond donors (Lipinski definition) is 2. The molecule has 0 saturated carbocycles. The van der Waals surface area contributed by atoms with E-state index in [9.17, 15) is 10.5 Å². The second-order valence-electron chi connectivity index (χ2n) is 4.41. The molecule has 0 saturated heterocycles. The summed E-state index contributed by atoms with van der Waals surface area (Å²) in [5.41, 5.74) is 14.2. The van der Waals surface area contributed by atoms with Gasteiger partial charge in [0.2, 0.25) is 0 Å². The summed E-state index contributed by atoms with van der Waals surface area (Å²) in [6.45, 7) is 0. The maximum Gasteiger partial charge on any atom is 0.104 e. The van der Waals surface area contributed by atoms with Crippen LogP contribution in [0.15, 0.2) is 30.3 Å². The number of aromatic nitrogens is 1. The van der Waals surface area contributed by atoms with Gasteiger partial charge in [-0.15, -0.1) is 0 Å². The molecule has 1 aromatic heterocycles. The number of hydrogen-bond acceptors (Lipinski definition) is 5. The lowest BCUT2D eigenvalue weighted by atomic mass is 10.00. The summed E-state index contributed by atoms with van der Waals surface area (Å²) >= 11 is 0. The lowest BCUT2D eigenvalue weighted by Crippen LogP contribution is -1.97. The Labute approximate surface area is 114 Å². The smallest absolute Gasteiger partial charge is 0.104 e. The molecule has 2 aromatic carbocycles. The topological polar surface area (TPSA) is 113 Å². The number of nitrogens with zero attached hydrogens (tertiary/aromatic N) is 3. The molecule has 0 amide bonds. The van der Waals surface area contributed by atoms with Crippen LogP contribution >= 0.6 is 0 Å². The van der Waals surface area contributed by atoms with E-state index in [0.29, 0.717) is 38.7 Å². The molecule has 0 spiro atoms. The van der Waals surface area contributed by atoms with E-state index in [0.717, 1.165) is 0 Å². The van der Waals surface area contributed by atoms with Gasteiger partial charge in [-0.05, 0) is 30.3 Å². The van der Waals surface area contributed by atoms with E-state index in [1.165, 1.54) is 0 Å². The molecule has 0 fully saturated rings. The van der Waals surface area contributed by atoms with Crippen LogP contribution in [0, 0.1) is 22.7 Å². The summed E-state index contributed by atoms with van der Waals surface area (Å²) in [5.74, 6) is 0. The highest BCUT2D eigenvalue weighted by Gasteiger charge is 2.13. The van der Waals surface area contributed by atoms with Crippen molar-refractivity contribution in [1.82, 2.24) is 4.98 Å². The number of rotatable bonds is 0. The first-order chi connectivity index (χ1) is 9.65. The average molecular weight is 259 g/mol. The van der Waals surface area contributed by atoms with E-state index in [4.69, 9.17) is 11.5 Å². The third kappa shape index (κ3) is 1.51. The molecule has 0 radical (unpaired) electrons. The molecule has 1 heterocycles. The average Bonchev–Trinajstić information content (AvgIpc) is 2.44. The van der Waals surface area contributed by atoms with Crippen LogP contribution in [0.1, 0.15) is 11.1 Å². The molecule has 94 valence electrons. The number of anilines is 2. The Hall–Kier alpha value is -3.31. The largest absolute Gasteiger partial charge is 0.399 e. The van der Waals surface area contributed by atoms with Gasteiger partial charge in [-0.1, -0.05) is 0 Å². The van der Waals surface area contributed by atoms with Gasteiger partial charge < -0.3 is 11.5 Å². The van der Waals surface area contributed by atoms with Crippen molar-refractivity contribution in [3.8, 4) is 12.1 Å². The molecular weight excluding hydrogens is 250 g/mol. The van der Waals surface area contributed by atoms with Crippen LogP contribution < -0.4 is 11.5 Å². The van der Waals surface area contributed by atoms with Crippen molar-refractivity contribution < 1.29 is 0 Å². The third-order valence-electron chi connectivity index (χ3n) is 3.23. The predicted octanol–water partition coefficient (Wildman–Crippen LogP) is 2.30. The van der Waals surface area contributed by atoms with E-state index in [1.807, 2.05) is 6.07 Å². The number of pyridine rings is 1. The van der Waals surface area contributed by atoms with Crippen LogP contribution in [0.4, 0.5) is 11.4 Å². The standard InChI is InChI=1S/C15H9N5/c16-6-11-9-2-1-8(18)5-14(9)20-15-10(11)3-4-13(19)12(15)7-17/h1-5H,18-19H2. The predicted molar refractivity (Wildman–Crippen MR) is 77.5 cm³/mol. The highest BCUT2D eigenvalue weighted by atomic mass is 14.7. The van der Waals surface area contributed by atoms with Gasteiger partial charge in [0, 0.05) is 16.5 Å². The fourth-order valence-electron chi connectivity index (χ4n) is 2.28. The SMILES string of the molecule is N#Cc1c2ccc(N)cc2nc2c(C#N)c(N)ccc12. The monoisotopic (exact) mass is 259 g/mol. The second-order valence-corrected chi connectivity index (χ2v) is 4.41. The van der Waals surface area contributed by atoms with Gasteiger partial charge in [-0.2, -0.15) is 10.5 Å². The molecular formula is C15H9N5. The van der Waals surface area contributed by atoms with Gasteiger partial charge in [0.25, 0.3) is 0 Å². The van der Waals surface area contributed by atoms with Crippen LogP contribution in [0.5, 0.6) is 0 Å². The Kier molecular flexibility index (Phi) is 2.42. The number of nitriles is 2. The lowest BCUT2D eigenvalue weighted by molar-refractivity contribution is 1.43. The zero-order chi connectivity index (χ0) is 14.3. The minimum absolute atomic E-state index is 0.281. The highest BCUT2D eigenvalue weighted by Crippen LogP contribution is 2.30. The van der Waals surface area contributed by atoms with Crippen LogP contribution in [0.2, 0.25) is 0 Å². The number of nitrogens with two attached hydrogens (primary N) is 2. The van der Waals surface area contributed by atoms with Gasteiger partial charge >= 0.3 is 0 Å². The van der Waals surface area contributed by atoms with Crippen molar-refractivity contribution in [2.75, 3.05) is 11.5 Å².